The van der Waals surface area contributed by atoms with Gasteiger partial charge in [0.2, 0.25) is 5.91 Å². The number of benzene rings is 1. The first-order valence-corrected chi connectivity index (χ1v) is 7.50. The number of unbranched alkanes of at least 4 members (excludes halogenated alkanes) is 3. The van der Waals surface area contributed by atoms with Crippen molar-refractivity contribution in [3.05, 3.63) is 35.4 Å². The molecule has 0 saturated carbocycles. The highest BCUT2D eigenvalue weighted by Crippen LogP contribution is 2.21. The number of fused-ring (bicyclic) bond motifs is 1. The van der Waals surface area contributed by atoms with Gasteiger partial charge < -0.3 is 4.90 Å². The zero-order valence-corrected chi connectivity index (χ0v) is 12.4. The van der Waals surface area contributed by atoms with E-state index in [-0.39, 0.29) is 18.5 Å². The van der Waals surface area contributed by atoms with Crippen molar-refractivity contribution < 1.29 is 14.4 Å². The van der Waals surface area contributed by atoms with E-state index in [0.29, 0.717) is 18.5 Å². The molecule has 21 heavy (non-hydrogen) atoms. The van der Waals surface area contributed by atoms with E-state index in [4.69, 9.17) is 4.84 Å². The molecule has 0 saturated heterocycles. The van der Waals surface area contributed by atoms with Gasteiger partial charge >= 0.3 is 0 Å². The molecule has 1 aliphatic heterocycles. The van der Waals surface area contributed by atoms with Gasteiger partial charge in [-0.15, -0.1) is 0 Å². The van der Waals surface area contributed by atoms with Crippen molar-refractivity contribution in [1.82, 2.24) is 10.4 Å². The first-order valence-electron chi connectivity index (χ1n) is 7.50. The third kappa shape index (κ3) is 4.29. The molecule has 0 aromatic heterocycles. The molecular formula is C16H22N2O3. The van der Waals surface area contributed by atoms with Gasteiger partial charge in [0.1, 0.15) is 6.73 Å². The molecule has 0 radical (unpaired) electrons. The summed E-state index contributed by atoms with van der Waals surface area (Å²) in [5, 5.41) is 0. The van der Waals surface area contributed by atoms with E-state index in [2.05, 4.69) is 12.4 Å². The number of carbonyl (C=O) groups is 2. The largest absolute Gasteiger partial charge is 0.309 e. The van der Waals surface area contributed by atoms with Crippen LogP contribution in [0.1, 0.15) is 54.9 Å². The average Bonchev–Trinajstić information content (AvgIpc) is 2.81. The number of rotatable bonds is 8. The third-order valence-electron chi connectivity index (χ3n) is 3.56. The Morgan fingerprint density at radius 1 is 1.29 bits per heavy atom. The zero-order valence-electron chi connectivity index (χ0n) is 12.4. The molecule has 1 aliphatic rings. The summed E-state index contributed by atoms with van der Waals surface area (Å²) in [6.07, 6.45) is 4.69. The number of nitrogens with one attached hydrogen (secondary N) is 1. The van der Waals surface area contributed by atoms with Crippen LogP contribution < -0.4 is 5.48 Å². The van der Waals surface area contributed by atoms with Crippen LogP contribution in [0.25, 0.3) is 0 Å². The highest BCUT2D eigenvalue weighted by molar-refractivity contribution is 5.98. The summed E-state index contributed by atoms with van der Waals surface area (Å²) < 4.78 is 0. The Labute approximate surface area is 125 Å². The Morgan fingerprint density at radius 2 is 2.10 bits per heavy atom. The predicted octanol–water partition coefficient (Wildman–Crippen LogP) is 2.62. The van der Waals surface area contributed by atoms with Gasteiger partial charge in [0.25, 0.3) is 5.91 Å². The maximum Gasteiger partial charge on any atom is 0.256 e. The number of hydrogen-bond acceptors (Lipinski definition) is 3. The second kappa shape index (κ2) is 7.78. The minimum absolute atomic E-state index is 0.0530. The quantitative estimate of drug-likeness (QED) is 0.591. The van der Waals surface area contributed by atoms with Crippen molar-refractivity contribution in [2.24, 2.45) is 0 Å². The van der Waals surface area contributed by atoms with Crippen LogP contribution in [-0.2, 0) is 16.2 Å². The minimum Gasteiger partial charge on any atom is -0.309 e. The summed E-state index contributed by atoms with van der Waals surface area (Å²) in [5.41, 5.74) is 4.11. The Hall–Kier alpha value is -1.88. The monoisotopic (exact) mass is 290 g/mol. The molecule has 1 aromatic carbocycles. The van der Waals surface area contributed by atoms with E-state index in [9.17, 15) is 9.59 Å². The summed E-state index contributed by atoms with van der Waals surface area (Å²) >= 11 is 0. The highest BCUT2D eigenvalue weighted by atomic mass is 16.7. The molecule has 0 unspecified atom stereocenters. The molecule has 1 N–H and O–H groups in total. The second-order valence-corrected chi connectivity index (χ2v) is 5.27. The molecule has 0 aliphatic carbocycles. The van der Waals surface area contributed by atoms with Crippen LogP contribution in [0, 0.1) is 0 Å². The Morgan fingerprint density at radius 3 is 2.86 bits per heavy atom. The van der Waals surface area contributed by atoms with E-state index < -0.39 is 0 Å². The Balaban J connectivity index is 1.66. The van der Waals surface area contributed by atoms with Gasteiger partial charge in [0.15, 0.2) is 0 Å². The van der Waals surface area contributed by atoms with Crippen LogP contribution in [0.2, 0.25) is 0 Å². The SMILES string of the molecule is CCCCCCC(=O)NOCN1Cc2ccccc2C1=O. The molecule has 0 atom stereocenters. The molecule has 114 valence electrons. The van der Waals surface area contributed by atoms with Crippen LogP contribution in [0.15, 0.2) is 24.3 Å². The molecule has 2 rings (SSSR count). The molecular weight excluding hydrogens is 268 g/mol. The summed E-state index contributed by atoms with van der Waals surface area (Å²) in [5.74, 6) is -0.182. The number of hydrogen-bond donors (Lipinski definition) is 1. The Bertz CT molecular complexity index is 502. The number of hydroxylamine groups is 1. The maximum absolute atomic E-state index is 12.0. The summed E-state index contributed by atoms with van der Waals surface area (Å²) in [6.45, 7) is 2.74. The fourth-order valence-electron chi connectivity index (χ4n) is 2.37. The van der Waals surface area contributed by atoms with Crippen molar-refractivity contribution in [2.45, 2.75) is 45.6 Å². The van der Waals surface area contributed by atoms with Crippen LogP contribution in [-0.4, -0.2) is 23.4 Å². The summed E-state index contributed by atoms with van der Waals surface area (Å²) in [6, 6.07) is 7.50. The first kappa shape index (κ1) is 15.5. The van der Waals surface area contributed by atoms with Gasteiger partial charge in [-0.05, 0) is 18.1 Å². The number of nitrogens with zero attached hydrogens (tertiary/aromatic N) is 1. The van der Waals surface area contributed by atoms with Gasteiger partial charge in [0.05, 0.1) is 0 Å². The van der Waals surface area contributed by atoms with Crippen LogP contribution in [0.3, 0.4) is 0 Å². The van der Waals surface area contributed by atoms with Crippen molar-refractivity contribution in [2.75, 3.05) is 6.73 Å². The lowest BCUT2D eigenvalue weighted by Gasteiger charge is -2.15. The van der Waals surface area contributed by atoms with Crippen molar-refractivity contribution >= 4 is 11.8 Å². The highest BCUT2D eigenvalue weighted by Gasteiger charge is 2.26. The molecule has 1 heterocycles. The van der Waals surface area contributed by atoms with Gasteiger partial charge in [-0.2, -0.15) is 0 Å². The maximum atomic E-state index is 12.0. The molecule has 5 nitrogen and oxygen atoms in total. The smallest absolute Gasteiger partial charge is 0.256 e. The lowest BCUT2D eigenvalue weighted by Crippen LogP contribution is -2.33. The van der Waals surface area contributed by atoms with E-state index in [1.165, 1.54) is 0 Å². The van der Waals surface area contributed by atoms with E-state index >= 15 is 0 Å². The van der Waals surface area contributed by atoms with E-state index in [0.717, 1.165) is 31.2 Å². The minimum atomic E-state index is -0.129. The lowest BCUT2D eigenvalue weighted by atomic mass is 10.1. The number of carbonyl (C=O) groups excluding carboxylic acids is 2. The second-order valence-electron chi connectivity index (χ2n) is 5.27. The zero-order chi connectivity index (χ0) is 15.1. The first-order chi connectivity index (χ1) is 10.2. The van der Waals surface area contributed by atoms with Crippen LogP contribution >= 0.6 is 0 Å². The van der Waals surface area contributed by atoms with Gasteiger partial charge in [-0.3, -0.25) is 14.4 Å². The molecule has 5 heteroatoms. The molecule has 0 bridgehead atoms. The fourth-order valence-corrected chi connectivity index (χ4v) is 2.37. The fraction of sp³-hybridized carbons (Fsp3) is 0.500. The predicted molar refractivity (Wildman–Crippen MR) is 79.2 cm³/mol. The average molecular weight is 290 g/mol. The van der Waals surface area contributed by atoms with Gasteiger partial charge in [-0.1, -0.05) is 44.4 Å². The number of amides is 2. The molecule has 1 aromatic rings. The van der Waals surface area contributed by atoms with Crippen LogP contribution in [0.5, 0.6) is 0 Å². The topological polar surface area (TPSA) is 58.6 Å². The van der Waals surface area contributed by atoms with Crippen molar-refractivity contribution in [3.8, 4) is 0 Å². The van der Waals surface area contributed by atoms with Crippen molar-refractivity contribution in [3.63, 3.8) is 0 Å². The Kier molecular flexibility index (Phi) is 5.75. The third-order valence-corrected chi connectivity index (χ3v) is 3.56. The standard InChI is InChI=1S/C16H22N2O3/c1-2-3-4-5-10-15(19)17-21-12-18-11-13-8-6-7-9-14(13)16(18)20/h6-9H,2-5,10-12H2,1H3,(H,17,19). The van der Waals surface area contributed by atoms with E-state index in [1.807, 2.05) is 24.3 Å². The van der Waals surface area contributed by atoms with E-state index in [1.54, 1.807) is 4.90 Å². The summed E-state index contributed by atoms with van der Waals surface area (Å²) in [4.78, 5) is 30.3. The lowest BCUT2D eigenvalue weighted by molar-refractivity contribution is -0.137. The normalized spacial score (nSPS) is 13.4. The van der Waals surface area contributed by atoms with Gasteiger partial charge in [-0.25, -0.2) is 5.48 Å². The van der Waals surface area contributed by atoms with Crippen LogP contribution in [0.4, 0.5) is 0 Å². The van der Waals surface area contributed by atoms with Crippen molar-refractivity contribution in [1.29, 1.82) is 0 Å². The molecule has 2 amide bonds. The van der Waals surface area contributed by atoms with Gasteiger partial charge in [0, 0.05) is 18.5 Å². The summed E-state index contributed by atoms with van der Waals surface area (Å²) in [7, 11) is 0. The molecule has 0 spiro atoms. The molecule has 0 fully saturated rings.